The third-order valence-electron chi connectivity index (χ3n) is 3.48. The zero-order valence-electron chi connectivity index (χ0n) is 11.3. The Morgan fingerprint density at radius 3 is 2.77 bits per heavy atom. The van der Waals surface area contributed by atoms with Crippen molar-refractivity contribution >= 4 is 5.65 Å². The van der Waals surface area contributed by atoms with Crippen molar-refractivity contribution in [3.8, 4) is 28.3 Å². The van der Waals surface area contributed by atoms with Crippen molar-refractivity contribution in [2.45, 2.75) is 0 Å². The minimum atomic E-state index is -0.717. The number of nitrogens with zero attached hydrogens (tertiary/aromatic N) is 3. The first-order chi connectivity index (χ1) is 10.7. The van der Waals surface area contributed by atoms with Crippen molar-refractivity contribution in [2.24, 2.45) is 0 Å². The van der Waals surface area contributed by atoms with E-state index in [4.69, 9.17) is 4.42 Å². The monoisotopic (exact) mass is 295 g/mol. The van der Waals surface area contributed by atoms with Gasteiger partial charge in [-0.05, 0) is 30.3 Å². The van der Waals surface area contributed by atoms with Crippen LogP contribution in [0.5, 0.6) is 5.75 Å². The van der Waals surface area contributed by atoms with Gasteiger partial charge < -0.3 is 9.52 Å². The van der Waals surface area contributed by atoms with Crippen LogP contribution in [0.4, 0.5) is 4.39 Å². The number of furan rings is 1. The number of pyridine rings is 1. The number of aromatic nitrogens is 3. The molecule has 0 fully saturated rings. The standard InChI is InChI=1S/C16H10FN3O2/c17-15-12(2-1-3-13(15)21)16-19-18-14-5-4-10(8-20(14)16)11-6-7-22-9-11/h1-9,21H. The number of phenols is 1. The Morgan fingerprint density at radius 1 is 1.05 bits per heavy atom. The van der Waals surface area contributed by atoms with Crippen LogP contribution < -0.4 is 0 Å². The van der Waals surface area contributed by atoms with E-state index in [1.807, 2.05) is 12.1 Å². The number of halogens is 1. The average Bonchev–Trinajstić information content (AvgIpc) is 3.18. The van der Waals surface area contributed by atoms with Crippen LogP contribution in [-0.2, 0) is 0 Å². The molecule has 5 nitrogen and oxygen atoms in total. The van der Waals surface area contributed by atoms with Gasteiger partial charge in [-0.3, -0.25) is 4.40 Å². The summed E-state index contributed by atoms with van der Waals surface area (Å²) in [6, 6.07) is 9.92. The van der Waals surface area contributed by atoms with Gasteiger partial charge in [0.05, 0.1) is 18.1 Å². The second kappa shape index (κ2) is 4.70. The number of benzene rings is 1. The minimum Gasteiger partial charge on any atom is -0.505 e. The molecule has 3 aromatic heterocycles. The number of phenolic OH excluding ortho intramolecular Hbond substituents is 1. The van der Waals surface area contributed by atoms with Crippen molar-refractivity contribution in [3.63, 3.8) is 0 Å². The summed E-state index contributed by atoms with van der Waals surface area (Å²) in [5.74, 6) is -0.806. The van der Waals surface area contributed by atoms with Gasteiger partial charge in [0, 0.05) is 17.3 Å². The summed E-state index contributed by atoms with van der Waals surface area (Å²) in [5.41, 5.74) is 2.57. The SMILES string of the molecule is Oc1cccc(-c2nnc3ccc(-c4ccoc4)cn23)c1F. The average molecular weight is 295 g/mol. The van der Waals surface area contributed by atoms with Gasteiger partial charge in [0.2, 0.25) is 0 Å². The number of aromatic hydroxyl groups is 1. The van der Waals surface area contributed by atoms with Gasteiger partial charge in [-0.15, -0.1) is 10.2 Å². The van der Waals surface area contributed by atoms with Crippen LogP contribution in [0.2, 0.25) is 0 Å². The van der Waals surface area contributed by atoms with Crippen molar-refractivity contribution in [3.05, 3.63) is 60.9 Å². The number of hydrogen-bond donors (Lipinski definition) is 1. The lowest BCUT2D eigenvalue weighted by Crippen LogP contribution is -1.93. The summed E-state index contributed by atoms with van der Waals surface area (Å²) >= 11 is 0. The minimum absolute atomic E-state index is 0.192. The molecule has 6 heteroatoms. The molecule has 0 aliphatic rings. The quantitative estimate of drug-likeness (QED) is 0.614. The largest absolute Gasteiger partial charge is 0.505 e. The molecule has 0 bridgehead atoms. The molecule has 0 saturated heterocycles. The summed E-state index contributed by atoms with van der Waals surface area (Å²) in [6.45, 7) is 0. The van der Waals surface area contributed by atoms with Gasteiger partial charge in [0.1, 0.15) is 0 Å². The van der Waals surface area contributed by atoms with E-state index >= 15 is 0 Å². The fraction of sp³-hybridized carbons (Fsp3) is 0. The summed E-state index contributed by atoms with van der Waals surface area (Å²) in [6.07, 6.45) is 5.01. The smallest absolute Gasteiger partial charge is 0.175 e. The highest BCUT2D eigenvalue weighted by Gasteiger charge is 2.15. The van der Waals surface area contributed by atoms with Crippen LogP contribution in [-0.4, -0.2) is 19.7 Å². The van der Waals surface area contributed by atoms with Gasteiger partial charge >= 0.3 is 0 Å². The van der Waals surface area contributed by atoms with Gasteiger partial charge in [-0.1, -0.05) is 6.07 Å². The van der Waals surface area contributed by atoms with E-state index in [1.165, 1.54) is 6.07 Å². The van der Waals surface area contributed by atoms with E-state index in [0.717, 1.165) is 11.1 Å². The lowest BCUT2D eigenvalue weighted by Gasteiger charge is -2.04. The molecular weight excluding hydrogens is 285 g/mol. The Morgan fingerprint density at radius 2 is 1.95 bits per heavy atom. The predicted octanol–water partition coefficient (Wildman–Crippen LogP) is 3.50. The summed E-state index contributed by atoms with van der Waals surface area (Å²) in [4.78, 5) is 0. The highest BCUT2D eigenvalue weighted by molar-refractivity contribution is 5.67. The maximum atomic E-state index is 14.1. The Labute approximate surface area is 124 Å². The van der Waals surface area contributed by atoms with E-state index in [9.17, 15) is 9.50 Å². The molecule has 108 valence electrons. The normalized spacial score (nSPS) is 11.1. The molecule has 1 aromatic carbocycles. The van der Waals surface area contributed by atoms with Gasteiger partial charge in [-0.25, -0.2) is 4.39 Å². The van der Waals surface area contributed by atoms with E-state index in [-0.39, 0.29) is 5.56 Å². The zero-order chi connectivity index (χ0) is 15.1. The molecular formula is C16H10FN3O2. The molecule has 0 unspecified atom stereocenters. The van der Waals surface area contributed by atoms with Crippen LogP contribution >= 0.6 is 0 Å². The zero-order valence-corrected chi connectivity index (χ0v) is 11.3. The Balaban J connectivity index is 1.95. The topological polar surface area (TPSA) is 63.6 Å². The fourth-order valence-electron chi connectivity index (χ4n) is 2.37. The molecule has 0 atom stereocenters. The van der Waals surface area contributed by atoms with E-state index in [1.54, 1.807) is 41.3 Å². The first kappa shape index (κ1) is 12.6. The van der Waals surface area contributed by atoms with Crippen LogP contribution in [0.15, 0.2) is 59.5 Å². The van der Waals surface area contributed by atoms with Gasteiger partial charge in [0.15, 0.2) is 23.0 Å². The second-order valence-electron chi connectivity index (χ2n) is 4.82. The third kappa shape index (κ3) is 1.85. The molecule has 0 radical (unpaired) electrons. The lowest BCUT2D eigenvalue weighted by atomic mass is 10.1. The lowest BCUT2D eigenvalue weighted by molar-refractivity contribution is 0.433. The first-order valence-corrected chi connectivity index (χ1v) is 6.59. The molecule has 1 N–H and O–H groups in total. The maximum Gasteiger partial charge on any atom is 0.175 e. The fourth-order valence-corrected chi connectivity index (χ4v) is 2.37. The predicted molar refractivity (Wildman–Crippen MR) is 77.7 cm³/mol. The molecule has 3 heterocycles. The molecule has 22 heavy (non-hydrogen) atoms. The van der Waals surface area contributed by atoms with Crippen molar-refractivity contribution < 1.29 is 13.9 Å². The molecule has 4 aromatic rings. The van der Waals surface area contributed by atoms with Crippen LogP contribution in [0.25, 0.3) is 28.2 Å². The summed E-state index contributed by atoms with van der Waals surface area (Å²) in [7, 11) is 0. The summed E-state index contributed by atoms with van der Waals surface area (Å²) in [5, 5.41) is 17.6. The molecule has 0 aliphatic heterocycles. The van der Waals surface area contributed by atoms with Crippen molar-refractivity contribution in [1.29, 1.82) is 0 Å². The van der Waals surface area contributed by atoms with Crippen LogP contribution in [0.3, 0.4) is 0 Å². The Kier molecular flexibility index (Phi) is 2.69. The van der Waals surface area contributed by atoms with Crippen molar-refractivity contribution in [1.82, 2.24) is 14.6 Å². The number of rotatable bonds is 2. The Hall–Kier alpha value is -3.15. The molecule has 0 amide bonds. The maximum absolute atomic E-state index is 14.1. The highest BCUT2D eigenvalue weighted by atomic mass is 19.1. The van der Waals surface area contributed by atoms with E-state index in [2.05, 4.69) is 10.2 Å². The number of fused-ring (bicyclic) bond motifs is 1. The molecule has 0 spiro atoms. The van der Waals surface area contributed by atoms with E-state index < -0.39 is 11.6 Å². The molecule has 0 saturated carbocycles. The summed E-state index contributed by atoms with van der Waals surface area (Å²) < 4.78 is 20.9. The van der Waals surface area contributed by atoms with Crippen LogP contribution in [0, 0.1) is 5.82 Å². The van der Waals surface area contributed by atoms with E-state index in [0.29, 0.717) is 11.5 Å². The highest BCUT2D eigenvalue weighted by Crippen LogP contribution is 2.28. The van der Waals surface area contributed by atoms with Gasteiger partial charge in [0.25, 0.3) is 0 Å². The van der Waals surface area contributed by atoms with Gasteiger partial charge in [-0.2, -0.15) is 0 Å². The molecule has 0 aliphatic carbocycles. The van der Waals surface area contributed by atoms with Crippen LogP contribution in [0.1, 0.15) is 0 Å². The third-order valence-corrected chi connectivity index (χ3v) is 3.48. The first-order valence-electron chi connectivity index (χ1n) is 6.59. The number of hydrogen-bond acceptors (Lipinski definition) is 4. The Bertz CT molecular complexity index is 961. The van der Waals surface area contributed by atoms with Crippen molar-refractivity contribution in [2.75, 3.05) is 0 Å². The second-order valence-corrected chi connectivity index (χ2v) is 4.82. The molecule has 4 rings (SSSR count).